The number of aryl methyl sites for hydroxylation is 1. The maximum atomic E-state index is 6.20. The van der Waals surface area contributed by atoms with Crippen molar-refractivity contribution < 1.29 is 4.74 Å². The highest BCUT2D eigenvalue weighted by molar-refractivity contribution is 7.99. The average Bonchev–Trinajstić information content (AvgIpc) is 3.26. The van der Waals surface area contributed by atoms with Gasteiger partial charge in [0.2, 0.25) is 5.95 Å². The van der Waals surface area contributed by atoms with Crippen LogP contribution in [0.15, 0.2) is 71.1 Å². The summed E-state index contributed by atoms with van der Waals surface area (Å²) in [6.07, 6.45) is 10.2. The van der Waals surface area contributed by atoms with E-state index in [-0.39, 0.29) is 0 Å². The zero-order chi connectivity index (χ0) is 23.9. The summed E-state index contributed by atoms with van der Waals surface area (Å²) in [7, 11) is 0. The van der Waals surface area contributed by atoms with Crippen molar-refractivity contribution in [1.29, 1.82) is 0 Å². The fourth-order valence-electron chi connectivity index (χ4n) is 3.40. The SMILES string of the molecule is C/C=C\c1ncnc(Sc2cnc(Nc3ncc(C)[nH]3)c(Oc3ccccc3)c2)c1C(C)CC. The number of aromatic nitrogens is 5. The molecule has 2 N–H and O–H groups in total. The van der Waals surface area contributed by atoms with E-state index in [0.29, 0.717) is 23.4 Å². The Balaban J connectivity index is 1.70. The number of para-hydroxylation sites is 1. The van der Waals surface area contributed by atoms with Crippen molar-refractivity contribution in [3.05, 3.63) is 78.1 Å². The van der Waals surface area contributed by atoms with Gasteiger partial charge in [0, 0.05) is 34.6 Å². The van der Waals surface area contributed by atoms with Crippen LogP contribution in [0.2, 0.25) is 0 Å². The van der Waals surface area contributed by atoms with Gasteiger partial charge >= 0.3 is 0 Å². The summed E-state index contributed by atoms with van der Waals surface area (Å²) in [5.74, 6) is 2.82. The van der Waals surface area contributed by atoms with Gasteiger partial charge in [-0.05, 0) is 44.4 Å². The Morgan fingerprint density at radius 2 is 1.94 bits per heavy atom. The first-order valence-electron chi connectivity index (χ1n) is 11.2. The smallest absolute Gasteiger partial charge is 0.206 e. The van der Waals surface area contributed by atoms with Crippen LogP contribution in [0, 0.1) is 6.92 Å². The van der Waals surface area contributed by atoms with Crippen LogP contribution in [-0.4, -0.2) is 24.9 Å². The maximum Gasteiger partial charge on any atom is 0.206 e. The average molecular weight is 473 g/mol. The van der Waals surface area contributed by atoms with Crippen LogP contribution in [0.1, 0.15) is 50.1 Å². The summed E-state index contributed by atoms with van der Waals surface area (Å²) in [6.45, 7) is 8.33. The van der Waals surface area contributed by atoms with Gasteiger partial charge in [-0.3, -0.25) is 0 Å². The van der Waals surface area contributed by atoms with Crippen molar-refractivity contribution >= 4 is 29.6 Å². The zero-order valence-electron chi connectivity index (χ0n) is 19.7. The number of hydrogen-bond acceptors (Lipinski definition) is 7. The third-order valence-electron chi connectivity index (χ3n) is 5.26. The van der Waals surface area contributed by atoms with Gasteiger partial charge in [0.25, 0.3) is 0 Å². The number of benzene rings is 1. The molecule has 4 aromatic rings. The molecule has 174 valence electrons. The lowest BCUT2D eigenvalue weighted by Gasteiger charge is -2.17. The minimum Gasteiger partial charge on any atom is -0.453 e. The zero-order valence-corrected chi connectivity index (χ0v) is 20.6. The molecule has 34 heavy (non-hydrogen) atoms. The molecule has 0 aliphatic rings. The monoisotopic (exact) mass is 472 g/mol. The van der Waals surface area contributed by atoms with E-state index in [9.17, 15) is 0 Å². The Morgan fingerprint density at radius 3 is 2.65 bits per heavy atom. The molecule has 0 spiro atoms. The molecular weight excluding hydrogens is 444 g/mol. The van der Waals surface area contributed by atoms with Gasteiger partial charge in [-0.1, -0.05) is 49.9 Å². The number of hydrogen-bond donors (Lipinski definition) is 2. The van der Waals surface area contributed by atoms with E-state index in [4.69, 9.17) is 4.74 Å². The van der Waals surface area contributed by atoms with Crippen molar-refractivity contribution in [3.63, 3.8) is 0 Å². The summed E-state index contributed by atoms with van der Waals surface area (Å²) in [5.41, 5.74) is 3.06. The summed E-state index contributed by atoms with van der Waals surface area (Å²) < 4.78 is 6.20. The molecule has 0 saturated carbocycles. The third kappa shape index (κ3) is 5.63. The lowest BCUT2D eigenvalue weighted by molar-refractivity contribution is 0.481. The number of imidazole rings is 1. The molecule has 8 heteroatoms. The van der Waals surface area contributed by atoms with Crippen molar-refractivity contribution in [2.75, 3.05) is 5.32 Å². The van der Waals surface area contributed by atoms with Gasteiger partial charge in [-0.25, -0.2) is 19.9 Å². The lowest BCUT2D eigenvalue weighted by atomic mass is 9.98. The number of ether oxygens (including phenoxy) is 1. The first kappa shape index (κ1) is 23.5. The molecule has 7 nitrogen and oxygen atoms in total. The van der Waals surface area contributed by atoms with Crippen LogP contribution < -0.4 is 10.1 Å². The van der Waals surface area contributed by atoms with Crippen LogP contribution in [0.4, 0.5) is 11.8 Å². The highest BCUT2D eigenvalue weighted by Crippen LogP contribution is 2.38. The number of rotatable bonds is 9. The van der Waals surface area contributed by atoms with Crippen molar-refractivity contribution in [1.82, 2.24) is 24.9 Å². The standard InChI is InChI=1S/C26H28N6OS/c1-5-10-21-23(17(3)6-2)25(30-16-29-21)34-20-13-22(33-19-11-8-7-9-12-19)24(27-15-20)32-26-28-14-18(4)31-26/h5,7-17H,6H2,1-4H3,(H2,27,28,31,32)/b10-5-. The van der Waals surface area contributed by atoms with Crippen molar-refractivity contribution in [2.45, 2.75) is 50.0 Å². The number of nitrogens with zero attached hydrogens (tertiary/aromatic N) is 4. The fraction of sp³-hybridized carbons (Fsp3) is 0.231. The molecule has 3 heterocycles. The second kappa shape index (κ2) is 11.0. The molecule has 1 atom stereocenters. The van der Waals surface area contributed by atoms with Crippen LogP contribution >= 0.6 is 11.8 Å². The molecule has 3 aromatic heterocycles. The number of pyridine rings is 1. The van der Waals surface area contributed by atoms with Crippen LogP contribution in [-0.2, 0) is 0 Å². The van der Waals surface area contributed by atoms with E-state index in [0.717, 1.165) is 39.0 Å². The van der Waals surface area contributed by atoms with Crippen LogP contribution in [0.3, 0.4) is 0 Å². The summed E-state index contributed by atoms with van der Waals surface area (Å²) >= 11 is 1.56. The molecular formula is C26H28N6OS. The second-order valence-electron chi connectivity index (χ2n) is 7.86. The van der Waals surface area contributed by atoms with Gasteiger partial charge < -0.3 is 15.0 Å². The van der Waals surface area contributed by atoms with E-state index < -0.39 is 0 Å². The maximum absolute atomic E-state index is 6.20. The largest absolute Gasteiger partial charge is 0.453 e. The number of nitrogens with one attached hydrogen (secondary N) is 2. The molecule has 0 bridgehead atoms. The summed E-state index contributed by atoms with van der Waals surface area (Å²) in [4.78, 5) is 22.2. The van der Waals surface area contributed by atoms with Crippen LogP contribution in [0.25, 0.3) is 6.08 Å². The number of H-pyrrole nitrogens is 1. The Kier molecular flexibility index (Phi) is 7.59. The first-order valence-corrected chi connectivity index (χ1v) is 12.1. The number of anilines is 2. The Morgan fingerprint density at radius 1 is 1.12 bits per heavy atom. The molecule has 0 radical (unpaired) electrons. The van der Waals surface area contributed by atoms with E-state index in [1.165, 1.54) is 0 Å². The van der Waals surface area contributed by atoms with Crippen molar-refractivity contribution in [2.24, 2.45) is 0 Å². The van der Waals surface area contributed by atoms with Crippen molar-refractivity contribution in [3.8, 4) is 11.5 Å². The quantitative estimate of drug-likeness (QED) is 0.250. The first-order chi connectivity index (χ1) is 16.6. The van der Waals surface area contributed by atoms with Gasteiger partial charge in [-0.15, -0.1) is 0 Å². The second-order valence-corrected chi connectivity index (χ2v) is 8.92. The number of allylic oxidation sites excluding steroid dienone is 1. The molecule has 0 fully saturated rings. The van der Waals surface area contributed by atoms with Crippen LogP contribution in [0.5, 0.6) is 11.5 Å². The highest BCUT2D eigenvalue weighted by atomic mass is 32.2. The topological polar surface area (TPSA) is 88.6 Å². The number of aromatic amines is 1. The van der Waals surface area contributed by atoms with E-state index >= 15 is 0 Å². The molecule has 1 unspecified atom stereocenters. The summed E-state index contributed by atoms with van der Waals surface area (Å²) in [5, 5.41) is 4.15. The van der Waals surface area contributed by atoms with E-state index in [1.54, 1.807) is 24.3 Å². The molecule has 0 saturated heterocycles. The molecule has 4 rings (SSSR count). The highest BCUT2D eigenvalue weighted by Gasteiger charge is 2.18. The molecule has 0 aliphatic heterocycles. The predicted octanol–water partition coefficient (Wildman–Crippen LogP) is 7.14. The van der Waals surface area contributed by atoms with Gasteiger partial charge in [0.05, 0.1) is 5.69 Å². The minimum absolute atomic E-state index is 0.325. The summed E-state index contributed by atoms with van der Waals surface area (Å²) in [6, 6.07) is 11.6. The Labute approximate surface area is 204 Å². The van der Waals surface area contributed by atoms with E-state index in [2.05, 4.69) is 44.1 Å². The molecule has 0 amide bonds. The third-order valence-corrected chi connectivity index (χ3v) is 6.24. The molecule has 1 aromatic carbocycles. The van der Waals surface area contributed by atoms with Gasteiger partial charge in [-0.2, -0.15) is 0 Å². The van der Waals surface area contributed by atoms with Gasteiger partial charge in [0.1, 0.15) is 17.1 Å². The van der Waals surface area contributed by atoms with Gasteiger partial charge in [0.15, 0.2) is 11.6 Å². The Bertz CT molecular complexity index is 1270. The normalized spacial score (nSPS) is 12.1. The Hall–Kier alpha value is -3.65. The minimum atomic E-state index is 0.325. The predicted molar refractivity (Wildman–Crippen MR) is 137 cm³/mol. The molecule has 0 aliphatic carbocycles. The lowest BCUT2D eigenvalue weighted by Crippen LogP contribution is -2.03. The fourth-order valence-corrected chi connectivity index (χ4v) is 4.41. The van der Waals surface area contributed by atoms with E-state index in [1.807, 2.05) is 68.6 Å².